The zero-order valence-corrected chi connectivity index (χ0v) is 6.82. The first kappa shape index (κ1) is 6.33. The van der Waals surface area contributed by atoms with E-state index >= 15 is 0 Å². The Kier molecular flexibility index (Phi) is 1.44. The van der Waals surface area contributed by atoms with Crippen molar-refractivity contribution < 1.29 is 14.6 Å². The highest BCUT2D eigenvalue weighted by Crippen LogP contribution is 2.36. The first-order valence-corrected chi connectivity index (χ1v) is 4.15. The molecule has 2 aliphatic rings. The van der Waals surface area contributed by atoms with Gasteiger partial charge in [-0.3, -0.25) is 0 Å². The molecule has 0 aromatic carbocycles. The summed E-state index contributed by atoms with van der Waals surface area (Å²) in [5.74, 6) is 0. The first-order valence-electron chi connectivity index (χ1n) is 2.90. The predicted octanol–water partition coefficient (Wildman–Crippen LogP) is 0.254. The van der Waals surface area contributed by atoms with Crippen molar-refractivity contribution >= 4 is 22.6 Å². The van der Waals surface area contributed by atoms with Crippen molar-refractivity contribution in [2.45, 2.75) is 29.0 Å². The zero-order chi connectivity index (χ0) is 6.43. The summed E-state index contributed by atoms with van der Waals surface area (Å²) in [5, 5.41) is 9.16. The fourth-order valence-electron chi connectivity index (χ4n) is 0.977. The zero-order valence-electron chi connectivity index (χ0n) is 4.66. The minimum Gasteiger partial charge on any atom is -0.389 e. The lowest BCUT2D eigenvalue weighted by Crippen LogP contribution is -2.31. The summed E-state index contributed by atoms with van der Waals surface area (Å²) in [6.07, 6.45) is 0.578. The molecule has 4 heteroatoms. The lowest BCUT2D eigenvalue weighted by molar-refractivity contribution is -0.0308. The van der Waals surface area contributed by atoms with Crippen LogP contribution in [-0.2, 0) is 9.47 Å². The van der Waals surface area contributed by atoms with E-state index in [4.69, 9.17) is 14.6 Å². The molecule has 9 heavy (non-hydrogen) atoms. The van der Waals surface area contributed by atoms with Crippen molar-refractivity contribution in [1.82, 2.24) is 0 Å². The molecule has 0 radical (unpaired) electrons. The Labute approximate surface area is 66.5 Å². The van der Waals surface area contributed by atoms with Gasteiger partial charge in [0.1, 0.15) is 10.2 Å². The molecule has 0 bridgehead atoms. The highest BCUT2D eigenvalue weighted by Gasteiger charge is 2.48. The largest absolute Gasteiger partial charge is 0.389 e. The van der Waals surface area contributed by atoms with Crippen LogP contribution >= 0.6 is 22.6 Å². The van der Waals surface area contributed by atoms with E-state index in [9.17, 15) is 0 Å². The lowest BCUT2D eigenvalue weighted by atomic mass is 10.2. The molecule has 0 aliphatic carbocycles. The molecule has 0 amide bonds. The lowest BCUT2D eigenvalue weighted by Gasteiger charge is -2.19. The third-order valence-corrected chi connectivity index (χ3v) is 2.70. The van der Waals surface area contributed by atoms with Gasteiger partial charge in [0, 0.05) is 6.42 Å². The topological polar surface area (TPSA) is 42.0 Å². The average Bonchev–Trinajstić information content (AvgIpc) is 2.46. The Morgan fingerprint density at radius 3 is 2.89 bits per heavy atom. The van der Waals surface area contributed by atoms with Gasteiger partial charge >= 0.3 is 0 Å². The molecule has 0 aromatic heterocycles. The molecule has 4 atom stereocenters. The van der Waals surface area contributed by atoms with E-state index in [1.807, 2.05) is 0 Å². The fourth-order valence-corrected chi connectivity index (χ4v) is 1.56. The minimum atomic E-state index is -0.339. The van der Waals surface area contributed by atoms with Gasteiger partial charge in [0.2, 0.25) is 0 Å². The maximum atomic E-state index is 9.16. The summed E-state index contributed by atoms with van der Waals surface area (Å²) in [5.41, 5.74) is 0. The van der Waals surface area contributed by atoms with Crippen molar-refractivity contribution in [2.24, 2.45) is 0 Å². The maximum absolute atomic E-state index is 9.16. The van der Waals surface area contributed by atoms with Crippen molar-refractivity contribution in [3.63, 3.8) is 0 Å². The van der Waals surface area contributed by atoms with Crippen LogP contribution < -0.4 is 0 Å². The average molecular weight is 242 g/mol. The van der Waals surface area contributed by atoms with Gasteiger partial charge < -0.3 is 14.6 Å². The summed E-state index contributed by atoms with van der Waals surface area (Å²) in [7, 11) is 0. The van der Waals surface area contributed by atoms with Crippen LogP contribution in [0.25, 0.3) is 0 Å². The molecule has 2 fully saturated rings. The summed E-state index contributed by atoms with van der Waals surface area (Å²) in [6.45, 7) is 0. The summed E-state index contributed by atoms with van der Waals surface area (Å²) in [6, 6.07) is 0. The summed E-state index contributed by atoms with van der Waals surface area (Å²) >= 11 is 2.07. The van der Waals surface area contributed by atoms with Gasteiger partial charge in [-0.2, -0.15) is 0 Å². The maximum Gasteiger partial charge on any atom is 0.185 e. The molecular weight excluding hydrogens is 235 g/mol. The van der Waals surface area contributed by atoms with Crippen LogP contribution in [0.5, 0.6) is 0 Å². The first-order chi connectivity index (χ1) is 4.27. The number of hydrogen-bond donors (Lipinski definition) is 1. The molecule has 2 aliphatic heterocycles. The Bertz CT molecular complexity index is 115. The second kappa shape index (κ2) is 2.05. The third-order valence-electron chi connectivity index (χ3n) is 1.58. The monoisotopic (exact) mass is 242 g/mol. The highest BCUT2D eigenvalue weighted by molar-refractivity contribution is 14.1. The van der Waals surface area contributed by atoms with Crippen LogP contribution in [0.2, 0.25) is 0 Å². The number of aliphatic hydroxyl groups excluding tert-OH is 1. The Morgan fingerprint density at radius 2 is 2.22 bits per heavy atom. The number of aliphatic hydroxyl groups is 1. The Morgan fingerprint density at radius 1 is 1.44 bits per heavy atom. The number of hydrogen-bond acceptors (Lipinski definition) is 3. The number of fused-ring (bicyclic) bond motifs is 1. The van der Waals surface area contributed by atoms with E-state index in [-0.39, 0.29) is 22.6 Å². The minimum absolute atomic E-state index is 0.00435. The quantitative estimate of drug-likeness (QED) is 0.376. The van der Waals surface area contributed by atoms with E-state index in [0.29, 0.717) is 0 Å². The smallest absolute Gasteiger partial charge is 0.185 e. The molecule has 3 nitrogen and oxygen atoms in total. The van der Waals surface area contributed by atoms with Gasteiger partial charge in [0.15, 0.2) is 6.29 Å². The van der Waals surface area contributed by atoms with E-state index in [0.717, 1.165) is 6.42 Å². The van der Waals surface area contributed by atoms with Crippen LogP contribution in [-0.4, -0.2) is 27.7 Å². The number of alkyl halides is 1. The van der Waals surface area contributed by atoms with Crippen LogP contribution in [0.3, 0.4) is 0 Å². The van der Waals surface area contributed by atoms with E-state index < -0.39 is 0 Å². The van der Waals surface area contributed by atoms with E-state index in [1.54, 1.807) is 0 Å². The van der Waals surface area contributed by atoms with Gasteiger partial charge in [-0.05, 0) is 22.6 Å². The standard InChI is InChI=1S/C5H7IO3/c6-4-2(7)1-3-5(8-3)9-4/h2-5,7H,1H2/t2?,3-,4-,5?/m1/s1. The molecule has 0 spiro atoms. The molecule has 52 valence electrons. The third kappa shape index (κ3) is 1.09. The summed E-state index contributed by atoms with van der Waals surface area (Å²) < 4.78 is 10.1. The van der Waals surface area contributed by atoms with Crippen molar-refractivity contribution in [2.75, 3.05) is 0 Å². The predicted molar refractivity (Wildman–Crippen MR) is 38.2 cm³/mol. The molecule has 2 unspecified atom stereocenters. The molecule has 0 aromatic rings. The molecule has 2 heterocycles. The molecular formula is C5H7IO3. The van der Waals surface area contributed by atoms with Crippen LogP contribution in [0.15, 0.2) is 0 Å². The normalized spacial score (nSPS) is 56.7. The summed E-state index contributed by atoms with van der Waals surface area (Å²) in [4.78, 5) is 0. The Hall–Kier alpha value is 0.610. The Balaban J connectivity index is 1.98. The second-order valence-corrected chi connectivity index (χ2v) is 3.56. The van der Waals surface area contributed by atoms with E-state index in [1.165, 1.54) is 0 Å². The second-order valence-electron chi connectivity index (χ2n) is 2.33. The van der Waals surface area contributed by atoms with Crippen molar-refractivity contribution in [3.8, 4) is 0 Å². The van der Waals surface area contributed by atoms with Crippen LogP contribution in [0.4, 0.5) is 0 Å². The molecule has 2 rings (SSSR count). The fraction of sp³-hybridized carbons (Fsp3) is 1.00. The molecule has 2 saturated heterocycles. The SMILES string of the molecule is OC1C[C@H]2OC2O[C@H]1I. The van der Waals surface area contributed by atoms with Crippen molar-refractivity contribution in [1.29, 1.82) is 0 Å². The van der Waals surface area contributed by atoms with Gasteiger partial charge in [-0.1, -0.05) is 0 Å². The number of ether oxygens (including phenoxy) is 2. The van der Waals surface area contributed by atoms with Crippen LogP contribution in [0.1, 0.15) is 6.42 Å². The molecule has 1 N–H and O–H groups in total. The molecule has 0 saturated carbocycles. The number of rotatable bonds is 0. The van der Waals surface area contributed by atoms with Gasteiger partial charge in [0.05, 0.1) is 6.10 Å². The number of halogens is 1. The van der Waals surface area contributed by atoms with E-state index in [2.05, 4.69) is 22.6 Å². The van der Waals surface area contributed by atoms with Crippen LogP contribution in [0, 0.1) is 0 Å². The number of epoxide rings is 1. The van der Waals surface area contributed by atoms with Gasteiger partial charge in [-0.15, -0.1) is 0 Å². The van der Waals surface area contributed by atoms with Gasteiger partial charge in [-0.25, -0.2) is 0 Å². The van der Waals surface area contributed by atoms with Crippen molar-refractivity contribution in [3.05, 3.63) is 0 Å². The van der Waals surface area contributed by atoms with Gasteiger partial charge in [0.25, 0.3) is 0 Å². The highest BCUT2D eigenvalue weighted by atomic mass is 127.